The summed E-state index contributed by atoms with van der Waals surface area (Å²) in [6, 6.07) is 17.4. The maximum Gasteiger partial charge on any atom is 2.00 e. The van der Waals surface area contributed by atoms with Crippen molar-refractivity contribution in [2.75, 3.05) is 0 Å². The fourth-order valence-electron chi connectivity index (χ4n) is 2.70. The average molecular weight is 623 g/mol. The standard InChI is InChI=1S/2C10H10O2.2C7H7.Sn/c2*1-8(11)7-10(12)9-5-3-2-4-6-9;2*1-7-5-3-2-4-6-7;/h2*2-7,12H,1H3;2*2-6H,1H2;/q;;;;+2/p-2/b2*10-7+;;;. The minimum atomic E-state index is -0.233. The summed E-state index contributed by atoms with van der Waals surface area (Å²) in [6.07, 6.45) is 21.9. The SMILES string of the molecule is C=C1[CH]C=CC=C1.C=C1[CH]C=CC=C1.CC(=O)/C=C(/[O-])c1ccccc1.CC(=O)/C=C(/[O-])c1ccccc1.[Sn+2]. The van der Waals surface area contributed by atoms with Gasteiger partial charge in [0.25, 0.3) is 0 Å². The van der Waals surface area contributed by atoms with Crippen LogP contribution in [0, 0.1) is 12.8 Å². The molecule has 4 rings (SSSR count). The quantitative estimate of drug-likeness (QED) is 0.263. The fourth-order valence-corrected chi connectivity index (χ4v) is 2.70. The summed E-state index contributed by atoms with van der Waals surface area (Å²) >= 11 is 0. The van der Waals surface area contributed by atoms with Crippen LogP contribution in [-0.4, -0.2) is 35.5 Å². The first-order chi connectivity index (χ1) is 18.2. The summed E-state index contributed by atoms with van der Waals surface area (Å²) in [5, 5.41) is 22.4. The second-order valence-corrected chi connectivity index (χ2v) is 7.94. The molecule has 0 unspecified atom stereocenters. The van der Waals surface area contributed by atoms with Gasteiger partial charge in [-0.05, 0) is 48.3 Å². The van der Waals surface area contributed by atoms with Gasteiger partial charge in [-0.1, -0.05) is 134 Å². The summed E-state index contributed by atoms with van der Waals surface area (Å²) in [4.78, 5) is 21.1. The van der Waals surface area contributed by atoms with Gasteiger partial charge in [-0.15, -0.1) is 0 Å². The number of carbonyl (C=O) groups is 2. The molecule has 0 aliphatic heterocycles. The summed E-state index contributed by atoms with van der Waals surface area (Å²) in [5.74, 6) is -0.904. The van der Waals surface area contributed by atoms with Gasteiger partial charge < -0.3 is 10.2 Å². The monoisotopic (exact) mass is 624 g/mol. The van der Waals surface area contributed by atoms with Crippen molar-refractivity contribution in [3.05, 3.63) is 170 Å². The zero-order valence-corrected chi connectivity index (χ0v) is 25.1. The van der Waals surface area contributed by atoms with Crippen molar-refractivity contribution < 1.29 is 19.8 Å². The molecule has 0 fully saturated rings. The zero-order valence-electron chi connectivity index (χ0n) is 22.2. The smallest absolute Gasteiger partial charge is 0.872 e. The Morgan fingerprint density at radius 2 is 0.923 bits per heavy atom. The van der Waals surface area contributed by atoms with Gasteiger partial charge in [-0.3, -0.25) is 9.59 Å². The molecule has 0 atom stereocenters. The molecule has 0 N–H and O–H groups in total. The number of ketones is 2. The summed E-state index contributed by atoms with van der Waals surface area (Å²) in [6.45, 7) is 10.2. The molecule has 2 aliphatic carbocycles. The third kappa shape index (κ3) is 18.1. The van der Waals surface area contributed by atoms with E-state index < -0.39 is 0 Å². The van der Waals surface area contributed by atoms with Crippen molar-refractivity contribution in [2.45, 2.75) is 13.8 Å². The van der Waals surface area contributed by atoms with Crippen molar-refractivity contribution in [1.82, 2.24) is 0 Å². The van der Waals surface area contributed by atoms with Crippen LogP contribution >= 0.6 is 0 Å². The van der Waals surface area contributed by atoms with E-state index in [2.05, 4.69) is 13.2 Å². The minimum absolute atomic E-state index is 0. The van der Waals surface area contributed by atoms with E-state index in [0.29, 0.717) is 11.1 Å². The van der Waals surface area contributed by atoms with Crippen molar-refractivity contribution in [3.8, 4) is 0 Å². The van der Waals surface area contributed by atoms with Gasteiger partial charge in [0.05, 0.1) is 0 Å². The Hall–Kier alpha value is -3.90. The van der Waals surface area contributed by atoms with E-state index in [4.69, 9.17) is 0 Å². The first-order valence-corrected chi connectivity index (χ1v) is 11.8. The average Bonchev–Trinajstić information content (AvgIpc) is 2.91. The van der Waals surface area contributed by atoms with Gasteiger partial charge in [0.1, 0.15) is 0 Å². The van der Waals surface area contributed by atoms with E-state index in [1.54, 1.807) is 48.5 Å². The molecule has 39 heavy (non-hydrogen) atoms. The fraction of sp³-hybridized carbons (Fsp3) is 0.0588. The number of rotatable bonds is 4. The van der Waals surface area contributed by atoms with Crippen LogP contribution in [0.3, 0.4) is 0 Å². The number of allylic oxidation sites excluding steroid dienone is 12. The van der Waals surface area contributed by atoms with E-state index in [9.17, 15) is 19.8 Å². The number of hydrogen-bond donors (Lipinski definition) is 0. The molecule has 4 radical (unpaired) electrons. The number of carbonyl (C=O) groups excluding carboxylic acids is 2. The topological polar surface area (TPSA) is 80.3 Å². The molecule has 2 aromatic carbocycles. The van der Waals surface area contributed by atoms with E-state index in [1.807, 2.05) is 73.6 Å². The molecule has 4 nitrogen and oxygen atoms in total. The second-order valence-electron chi connectivity index (χ2n) is 7.94. The molecule has 0 saturated carbocycles. The largest absolute Gasteiger partial charge is 2.00 e. The molecule has 2 aliphatic rings. The molecule has 0 saturated heterocycles. The van der Waals surface area contributed by atoms with E-state index in [0.717, 1.165) is 23.3 Å². The van der Waals surface area contributed by atoms with Crippen LogP contribution in [0.4, 0.5) is 0 Å². The van der Waals surface area contributed by atoms with Crippen LogP contribution in [0.25, 0.3) is 11.5 Å². The molecule has 196 valence electrons. The normalized spacial score (nSPS) is 13.4. The maximum atomic E-state index is 11.2. The van der Waals surface area contributed by atoms with Crippen LogP contribution in [0.1, 0.15) is 25.0 Å². The Morgan fingerprint density at radius 3 is 1.13 bits per heavy atom. The summed E-state index contributed by atoms with van der Waals surface area (Å²) < 4.78 is 0. The third-order valence-corrected chi connectivity index (χ3v) is 4.47. The molecule has 0 aromatic heterocycles. The number of hydrogen-bond acceptors (Lipinski definition) is 4. The van der Waals surface area contributed by atoms with E-state index >= 15 is 0 Å². The number of benzene rings is 2. The molecule has 5 heteroatoms. The molecule has 0 heterocycles. The summed E-state index contributed by atoms with van der Waals surface area (Å²) in [7, 11) is 0. The Balaban J connectivity index is 0.000000504. The Bertz CT molecular complexity index is 1150. The predicted molar refractivity (Wildman–Crippen MR) is 159 cm³/mol. The molecule has 0 bridgehead atoms. The van der Waals surface area contributed by atoms with Gasteiger partial charge in [-0.25, -0.2) is 0 Å². The second kappa shape index (κ2) is 21.1. The van der Waals surface area contributed by atoms with Crippen LogP contribution in [-0.2, 0) is 9.59 Å². The Labute approximate surface area is 249 Å². The van der Waals surface area contributed by atoms with Crippen LogP contribution in [0.2, 0.25) is 0 Å². The van der Waals surface area contributed by atoms with Crippen LogP contribution < -0.4 is 10.2 Å². The minimum Gasteiger partial charge on any atom is -0.872 e. The van der Waals surface area contributed by atoms with Crippen molar-refractivity contribution >= 4 is 47.0 Å². The first kappa shape index (κ1) is 35.1. The van der Waals surface area contributed by atoms with Crippen LogP contribution in [0.15, 0.2) is 146 Å². The van der Waals surface area contributed by atoms with Crippen LogP contribution in [0.5, 0.6) is 0 Å². The molecule has 0 spiro atoms. The van der Waals surface area contributed by atoms with Crippen molar-refractivity contribution in [1.29, 1.82) is 0 Å². The Kier molecular flexibility index (Phi) is 19.0. The maximum absolute atomic E-state index is 11.2. The van der Waals surface area contributed by atoms with E-state index in [-0.39, 0.29) is 47.0 Å². The van der Waals surface area contributed by atoms with Gasteiger partial charge >= 0.3 is 23.9 Å². The van der Waals surface area contributed by atoms with Gasteiger partial charge in [-0.2, -0.15) is 0 Å². The zero-order chi connectivity index (χ0) is 28.2. The molecule has 2 aromatic rings. The third-order valence-electron chi connectivity index (χ3n) is 4.47. The Morgan fingerprint density at radius 1 is 0.590 bits per heavy atom. The predicted octanol–water partition coefficient (Wildman–Crippen LogP) is 5.32. The van der Waals surface area contributed by atoms with Gasteiger partial charge in [0.15, 0.2) is 11.6 Å². The van der Waals surface area contributed by atoms with Crippen molar-refractivity contribution in [3.63, 3.8) is 0 Å². The van der Waals surface area contributed by atoms with Gasteiger partial charge in [0.2, 0.25) is 0 Å². The first-order valence-electron chi connectivity index (χ1n) is 11.8. The van der Waals surface area contributed by atoms with E-state index in [1.165, 1.54) is 13.8 Å². The summed E-state index contributed by atoms with van der Waals surface area (Å²) in [5.41, 5.74) is 3.24. The van der Waals surface area contributed by atoms with Gasteiger partial charge in [0, 0.05) is 12.8 Å². The van der Waals surface area contributed by atoms with Crippen molar-refractivity contribution in [2.24, 2.45) is 0 Å². The molecular formula is C34H32O4Sn. The molecular weight excluding hydrogens is 591 g/mol. The molecule has 0 amide bonds.